The van der Waals surface area contributed by atoms with Crippen molar-refractivity contribution in [2.75, 3.05) is 12.3 Å². The molecule has 0 aliphatic rings. The molecule has 0 aliphatic carbocycles. The van der Waals surface area contributed by atoms with Crippen LogP contribution in [0.4, 0.5) is 5.69 Å². The van der Waals surface area contributed by atoms with Gasteiger partial charge in [-0.25, -0.2) is 4.79 Å². The summed E-state index contributed by atoms with van der Waals surface area (Å²) in [5.41, 5.74) is 7.93. The van der Waals surface area contributed by atoms with Crippen LogP contribution in [0.5, 0.6) is 0 Å². The third kappa shape index (κ3) is 2.22. The molecule has 0 aliphatic heterocycles. The first-order valence-electron chi connectivity index (χ1n) is 5.76. The highest BCUT2D eigenvalue weighted by Gasteiger charge is 2.10. The van der Waals surface area contributed by atoms with Crippen LogP contribution >= 0.6 is 0 Å². The SMILES string of the molecule is CCOC(=O)C=Cc1c(C)oc2c(N)cccc12. The maximum Gasteiger partial charge on any atom is 0.330 e. The molecule has 0 bridgehead atoms. The van der Waals surface area contributed by atoms with Crippen LogP contribution in [0, 0.1) is 6.92 Å². The lowest BCUT2D eigenvalue weighted by Crippen LogP contribution is -1.98. The first-order valence-corrected chi connectivity index (χ1v) is 5.76. The van der Waals surface area contributed by atoms with Gasteiger partial charge in [0.2, 0.25) is 0 Å². The number of esters is 1. The smallest absolute Gasteiger partial charge is 0.330 e. The number of furan rings is 1. The first kappa shape index (κ1) is 12.2. The van der Waals surface area contributed by atoms with Gasteiger partial charge in [-0.3, -0.25) is 0 Å². The van der Waals surface area contributed by atoms with Crippen LogP contribution in [-0.4, -0.2) is 12.6 Å². The number of nitrogen functional groups attached to an aromatic ring is 1. The van der Waals surface area contributed by atoms with E-state index in [0.29, 0.717) is 17.9 Å². The highest BCUT2D eigenvalue weighted by atomic mass is 16.5. The number of nitrogens with two attached hydrogens (primary N) is 1. The number of rotatable bonds is 3. The fourth-order valence-corrected chi connectivity index (χ4v) is 1.83. The molecular weight excluding hydrogens is 230 g/mol. The normalized spacial score (nSPS) is 11.2. The quantitative estimate of drug-likeness (QED) is 0.513. The van der Waals surface area contributed by atoms with E-state index in [2.05, 4.69) is 0 Å². The highest BCUT2D eigenvalue weighted by Crippen LogP contribution is 2.30. The van der Waals surface area contributed by atoms with Crippen LogP contribution in [0.2, 0.25) is 0 Å². The number of ether oxygens (including phenoxy) is 1. The fraction of sp³-hybridized carbons (Fsp3) is 0.214. The van der Waals surface area contributed by atoms with Gasteiger partial charge >= 0.3 is 5.97 Å². The lowest BCUT2D eigenvalue weighted by atomic mass is 10.1. The second-order valence-corrected chi connectivity index (χ2v) is 3.88. The van der Waals surface area contributed by atoms with E-state index < -0.39 is 0 Å². The van der Waals surface area contributed by atoms with Crippen molar-refractivity contribution < 1.29 is 13.9 Å². The molecule has 1 aromatic carbocycles. The number of fused-ring (bicyclic) bond motifs is 1. The van der Waals surface area contributed by atoms with Crippen LogP contribution in [0.1, 0.15) is 18.2 Å². The van der Waals surface area contributed by atoms with E-state index >= 15 is 0 Å². The molecule has 2 aromatic rings. The van der Waals surface area contributed by atoms with Gasteiger partial charge in [0.25, 0.3) is 0 Å². The Labute approximate surface area is 105 Å². The summed E-state index contributed by atoms with van der Waals surface area (Å²) in [4.78, 5) is 11.3. The van der Waals surface area contributed by atoms with Crippen LogP contribution in [0.3, 0.4) is 0 Å². The van der Waals surface area contributed by atoms with E-state index in [0.717, 1.165) is 16.7 Å². The van der Waals surface area contributed by atoms with Gasteiger partial charge in [0.05, 0.1) is 12.3 Å². The van der Waals surface area contributed by atoms with Crippen molar-refractivity contribution in [1.82, 2.24) is 0 Å². The number of aryl methyl sites for hydroxylation is 1. The summed E-state index contributed by atoms with van der Waals surface area (Å²) in [6, 6.07) is 5.55. The second-order valence-electron chi connectivity index (χ2n) is 3.88. The molecule has 18 heavy (non-hydrogen) atoms. The van der Waals surface area contributed by atoms with Crippen molar-refractivity contribution in [3.63, 3.8) is 0 Å². The summed E-state index contributed by atoms with van der Waals surface area (Å²) in [6.07, 6.45) is 3.09. The average Bonchev–Trinajstić information content (AvgIpc) is 2.65. The van der Waals surface area contributed by atoms with Gasteiger partial charge < -0.3 is 14.9 Å². The van der Waals surface area contributed by atoms with E-state index in [-0.39, 0.29) is 5.97 Å². The molecule has 0 atom stereocenters. The standard InChI is InChI=1S/C14H15NO3/c1-3-17-13(16)8-7-10-9(2)18-14-11(10)5-4-6-12(14)15/h4-8H,3,15H2,1-2H3. The van der Waals surface area contributed by atoms with Crippen molar-refractivity contribution in [2.24, 2.45) is 0 Å². The lowest BCUT2D eigenvalue weighted by molar-refractivity contribution is -0.137. The zero-order valence-electron chi connectivity index (χ0n) is 10.4. The van der Waals surface area contributed by atoms with Crippen molar-refractivity contribution in [3.8, 4) is 0 Å². The molecule has 2 rings (SSSR count). The Bertz CT molecular complexity index is 611. The summed E-state index contributed by atoms with van der Waals surface area (Å²) < 4.78 is 10.4. The predicted molar refractivity (Wildman–Crippen MR) is 71.0 cm³/mol. The minimum Gasteiger partial charge on any atom is -0.463 e. The fourth-order valence-electron chi connectivity index (χ4n) is 1.83. The predicted octanol–water partition coefficient (Wildman–Crippen LogP) is 2.90. The number of carbonyl (C=O) groups excluding carboxylic acids is 1. The van der Waals surface area contributed by atoms with Crippen molar-refractivity contribution in [1.29, 1.82) is 0 Å². The van der Waals surface area contributed by atoms with E-state index in [1.54, 1.807) is 19.1 Å². The number of hydrogen-bond donors (Lipinski definition) is 1. The largest absolute Gasteiger partial charge is 0.463 e. The average molecular weight is 245 g/mol. The Hall–Kier alpha value is -2.23. The van der Waals surface area contributed by atoms with Crippen LogP contribution in [0.25, 0.3) is 17.0 Å². The molecular formula is C14H15NO3. The van der Waals surface area contributed by atoms with Gasteiger partial charge in [0.15, 0.2) is 5.58 Å². The molecule has 1 aromatic heterocycles. The number of para-hydroxylation sites is 1. The highest BCUT2D eigenvalue weighted by molar-refractivity contribution is 5.97. The Kier molecular flexibility index (Phi) is 3.37. The second kappa shape index (κ2) is 4.96. The molecule has 0 unspecified atom stereocenters. The van der Waals surface area contributed by atoms with Crippen molar-refractivity contribution >= 4 is 28.7 Å². The molecule has 4 heteroatoms. The minimum atomic E-state index is -0.366. The van der Waals surface area contributed by atoms with Gasteiger partial charge in [-0.1, -0.05) is 12.1 Å². The minimum absolute atomic E-state index is 0.362. The molecule has 0 spiro atoms. The van der Waals surface area contributed by atoms with Crippen LogP contribution in [-0.2, 0) is 9.53 Å². The van der Waals surface area contributed by atoms with Crippen LogP contribution < -0.4 is 5.73 Å². The molecule has 2 N–H and O–H groups in total. The van der Waals surface area contributed by atoms with E-state index in [4.69, 9.17) is 14.9 Å². The van der Waals surface area contributed by atoms with Crippen molar-refractivity contribution in [3.05, 3.63) is 35.6 Å². The summed E-state index contributed by atoms with van der Waals surface area (Å²) in [7, 11) is 0. The van der Waals surface area contributed by atoms with Gasteiger partial charge in [0, 0.05) is 17.0 Å². The molecule has 0 amide bonds. The van der Waals surface area contributed by atoms with Gasteiger partial charge in [0.1, 0.15) is 5.76 Å². The monoisotopic (exact) mass is 245 g/mol. The third-order valence-corrected chi connectivity index (χ3v) is 2.64. The zero-order chi connectivity index (χ0) is 13.1. The molecule has 0 fully saturated rings. The molecule has 94 valence electrons. The Morgan fingerprint density at radius 2 is 2.28 bits per heavy atom. The van der Waals surface area contributed by atoms with Crippen LogP contribution in [0.15, 0.2) is 28.7 Å². The Balaban J connectivity index is 2.42. The lowest BCUT2D eigenvalue weighted by Gasteiger charge is -1.95. The van der Waals surface area contributed by atoms with E-state index in [9.17, 15) is 4.79 Å². The maximum atomic E-state index is 11.3. The molecule has 1 heterocycles. The topological polar surface area (TPSA) is 65.5 Å². The van der Waals surface area contributed by atoms with E-state index in [1.165, 1.54) is 6.08 Å². The molecule has 0 saturated carbocycles. The maximum absolute atomic E-state index is 11.3. The Morgan fingerprint density at radius 3 is 3.00 bits per heavy atom. The summed E-state index contributed by atoms with van der Waals surface area (Å²) in [5, 5.41) is 0.896. The summed E-state index contributed by atoms with van der Waals surface area (Å²) in [6.45, 7) is 3.97. The molecule has 0 saturated heterocycles. The number of carbonyl (C=O) groups is 1. The van der Waals surface area contributed by atoms with Gasteiger partial charge in [-0.15, -0.1) is 0 Å². The summed E-state index contributed by atoms with van der Waals surface area (Å²) >= 11 is 0. The molecule has 4 nitrogen and oxygen atoms in total. The van der Waals surface area contributed by atoms with E-state index in [1.807, 2.05) is 19.1 Å². The van der Waals surface area contributed by atoms with Gasteiger partial charge in [-0.2, -0.15) is 0 Å². The number of benzene rings is 1. The van der Waals surface area contributed by atoms with Crippen molar-refractivity contribution in [2.45, 2.75) is 13.8 Å². The number of anilines is 1. The number of hydrogen-bond acceptors (Lipinski definition) is 4. The van der Waals surface area contributed by atoms with Gasteiger partial charge in [-0.05, 0) is 26.0 Å². The Morgan fingerprint density at radius 1 is 1.50 bits per heavy atom. The first-order chi connectivity index (χ1) is 8.63. The molecule has 0 radical (unpaired) electrons. The third-order valence-electron chi connectivity index (χ3n) is 2.64. The summed E-state index contributed by atoms with van der Waals surface area (Å²) in [5.74, 6) is 0.360. The zero-order valence-corrected chi connectivity index (χ0v) is 10.4.